The second-order valence-electron chi connectivity index (χ2n) is 7.28. The van der Waals surface area contributed by atoms with Crippen molar-refractivity contribution in [3.8, 4) is 0 Å². The first-order chi connectivity index (χ1) is 14.4. The maximum Gasteiger partial charge on any atom is 0.421 e. The van der Waals surface area contributed by atoms with Gasteiger partial charge in [0.15, 0.2) is 0 Å². The first-order valence-electron chi connectivity index (χ1n) is 9.73. The molecule has 0 unspecified atom stereocenters. The molecule has 156 valence electrons. The van der Waals surface area contributed by atoms with Crippen molar-refractivity contribution in [2.24, 2.45) is 0 Å². The van der Waals surface area contributed by atoms with E-state index < -0.39 is 11.7 Å². The quantitative estimate of drug-likeness (QED) is 0.444. The van der Waals surface area contributed by atoms with E-state index in [1.165, 1.54) is 0 Å². The number of nitrogens with zero attached hydrogens (tertiary/aromatic N) is 2. The number of benzene rings is 2. The Kier molecular flexibility index (Phi) is 5.81. The van der Waals surface area contributed by atoms with Crippen molar-refractivity contribution in [2.45, 2.75) is 37.8 Å². The van der Waals surface area contributed by atoms with E-state index in [4.69, 9.17) is 11.6 Å². The van der Waals surface area contributed by atoms with Crippen LogP contribution in [0.1, 0.15) is 42.7 Å². The van der Waals surface area contributed by atoms with Crippen LogP contribution in [-0.4, -0.2) is 9.97 Å². The zero-order valence-electron chi connectivity index (χ0n) is 16.0. The molecule has 1 saturated carbocycles. The summed E-state index contributed by atoms with van der Waals surface area (Å²) in [7, 11) is 0. The van der Waals surface area contributed by atoms with Crippen LogP contribution in [0.25, 0.3) is 0 Å². The van der Waals surface area contributed by atoms with E-state index >= 15 is 0 Å². The van der Waals surface area contributed by atoms with Gasteiger partial charge >= 0.3 is 6.18 Å². The van der Waals surface area contributed by atoms with Gasteiger partial charge in [0.25, 0.3) is 0 Å². The summed E-state index contributed by atoms with van der Waals surface area (Å²) in [5.74, 6) is 0.127. The Morgan fingerprint density at radius 1 is 0.933 bits per heavy atom. The zero-order valence-corrected chi connectivity index (χ0v) is 16.8. The number of hydrogen-bond donors (Lipinski definition) is 2. The summed E-state index contributed by atoms with van der Waals surface area (Å²) in [6.45, 7) is 0. The Balaban J connectivity index is 1.68. The number of hydrogen-bond acceptors (Lipinski definition) is 4. The van der Waals surface area contributed by atoms with Gasteiger partial charge in [0, 0.05) is 22.6 Å². The summed E-state index contributed by atoms with van der Waals surface area (Å²) in [5, 5.41) is 6.40. The minimum absolute atomic E-state index is 0.0613. The van der Waals surface area contributed by atoms with Crippen LogP contribution in [0.3, 0.4) is 0 Å². The van der Waals surface area contributed by atoms with Gasteiger partial charge in [-0.15, -0.1) is 0 Å². The van der Waals surface area contributed by atoms with Crippen LogP contribution < -0.4 is 10.6 Å². The lowest BCUT2D eigenvalue weighted by Gasteiger charge is -2.19. The molecule has 4 nitrogen and oxygen atoms in total. The number of aromatic nitrogens is 2. The van der Waals surface area contributed by atoms with Crippen molar-refractivity contribution >= 4 is 34.7 Å². The molecule has 1 aliphatic carbocycles. The summed E-state index contributed by atoms with van der Waals surface area (Å²) in [6.07, 6.45) is 0.566. The van der Waals surface area contributed by atoms with Crippen molar-refractivity contribution < 1.29 is 13.2 Å². The molecule has 30 heavy (non-hydrogen) atoms. The highest BCUT2D eigenvalue weighted by atomic mass is 35.5. The fourth-order valence-electron chi connectivity index (χ4n) is 3.74. The summed E-state index contributed by atoms with van der Waals surface area (Å²) < 4.78 is 40.8. The topological polar surface area (TPSA) is 49.8 Å². The highest BCUT2D eigenvalue weighted by Crippen LogP contribution is 2.40. The van der Waals surface area contributed by atoms with E-state index in [1.807, 2.05) is 18.2 Å². The van der Waals surface area contributed by atoms with Gasteiger partial charge in [-0.05, 0) is 54.7 Å². The van der Waals surface area contributed by atoms with Gasteiger partial charge in [0.2, 0.25) is 5.95 Å². The van der Waals surface area contributed by atoms with Crippen LogP contribution in [-0.2, 0) is 6.18 Å². The molecule has 4 rings (SSSR count). The monoisotopic (exact) mass is 432 g/mol. The molecule has 0 bridgehead atoms. The van der Waals surface area contributed by atoms with Gasteiger partial charge in [-0.2, -0.15) is 18.2 Å². The van der Waals surface area contributed by atoms with Gasteiger partial charge < -0.3 is 10.6 Å². The Bertz CT molecular complexity index is 1020. The fourth-order valence-corrected chi connectivity index (χ4v) is 3.86. The molecule has 0 radical (unpaired) electrons. The third-order valence-electron chi connectivity index (χ3n) is 5.20. The van der Waals surface area contributed by atoms with Crippen molar-refractivity contribution in [1.29, 1.82) is 0 Å². The fraction of sp³-hybridized carbons (Fsp3) is 0.273. The van der Waals surface area contributed by atoms with Crippen LogP contribution >= 0.6 is 11.6 Å². The molecule has 2 aromatic carbocycles. The Hall–Kier alpha value is -2.80. The Morgan fingerprint density at radius 3 is 2.33 bits per heavy atom. The molecule has 0 atom stereocenters. The molecule has 2 N–H and O–H groups in total. The average molecular weight is 433 g/mol. The second-order valence-corrected chi connectivity index (χ2v) is 7.72. The molecule has 1 heterocycles. The molecule has 1 aromatic heterocycles. The lowest BCUT2D eigenvalue weighted by atomic mass is 9.96. The minimum atomic E-state index is -4.58. The van der Waals surface area contributed by atoms with E-state index in [-0.39, 0.29) is 11.8 Å². The van der Waals surface area contributed by atoms with Crippen molar-refractivity contribution in [3.63, 3.8) is 0 Å². The van der Waals surface area contributed by atoms with Gasteiger partial charge in [-0.1, -0.05) is 42.6 Å². The summed E-state index contributed by atoms with van der Waals surface area (Å²) in [6, 6.07) is 14.2. The molecular formula is C22H20ClF3N4. The molecule has 0 spiro atoms. The van der Waals surface area contributed by atoms with Gasteiger partial charge in [0.1, 0.15) is 11.4 Å². The molecule has 0 amide bonds. The molecule has 8 heteroatoms. The number of rotatable bonds is 5. The molecule has 1 fully saturated rings. The van der Waals surface area contributed by atoms with Gasteiger partial charge in [-0.25, -0.2) is 4.98 Å². The van der Waals surface area contributed by atoms with E-state index in [2.05, 4.69) is 20.6 Å². The van der Waals surface area contributed by atoms with E-state index in [9.17, 15) is 13.2 Å². The predicted molar refractivity (Wildman–Crippen MR) is 113 cm³/mol. The zero-order chi connectivity index (χ0) is 21.1. The standard InChI is InChI=1S/C22H20ClF3N4/c23-15-9-11-16(12-10-15)28-21-27-13-18(22(24,25)26)20(30-21)29-19-8-4-3-7-17(19)14-5-1-2-6-14/h3-4,7-14H,1-2,5-6H2,(H2,27,28,29,30). The van der Waals surface area contributed by atoms with Crippen LogP contribution in [0.4, 0.5) is 36.3 Å². The highest BCUT2D eigenvalue weighted by Gasteiger charge is 2.35. The first kappa shape index (κ1) is 20.5. The molecule has 0 aliphatic heterocycles. The largest absolute Gasteiger partial charge is 0.421 e. The van der Waals surface area contributed by atoms with Crippen LogP contribution in [0.15, 0.2) is 54.7 Å². The lowest BCUT2D eigenvalue weighted by Crippen LogP contribution is -2.13. The lowest BCUT2D eigenvalue weighted by molar-refractivity contribution is -0.137. The molecule has 0 saturated heterocycles. The summed E-state index contributed by atoms with van der Waals surface area (Å²) >= 11 is 5.88. The van der Waals surface area contributed by atoms with Crippen molar-refractivity contribution in [1.82, 2.24) is 9.97 Å². The Morgan fingerprint density at radius 2 is 1.63 bits per heavy atom. The number of nitrogens with one attached hydrogen (secondary N) is 2. The normalized spacial score (nSPS) is 14.7. The Labute approximate surface area is 177 Å². The molecular weight excluding hydrogens is 413 g/mol. The predicted octanol–water partition coefficient (Wildman–Crippen LogP) is 7.29. The minimum Gasteiger partial charge on any atom is -0.339 e. The van der Waals surface area contributed by atoms with Crippen LogP contribution in [0.5, 0.6) is 0 Å². The van der Waals surface area contributed by atoms with E-state index in [0.717, 1.165) is 37.4 Å². The van der Waals surface area contributed by atoms with E-state index in [1.54, 1.807) is 30.3 Å². The first-order valence-corrected chi connectivity index (χ1v) is 10.1. The smallest absolute Gasteiger partial charge is 0.339 e. The number of anilines is 4. The third kappa shape index (κ3) is 4.67. The SMILES string of the molecule is FC(F)(F)c1cnc(Nc2ccc(Cl)cc2)nc1Nc1ccccc1C1CCCC1. The van der Waals surface area contributed by atoms with Crippen molar-refractivity contribution in [2.75, 3.05) is 10.6 Å². The maximum atomic E-state index is 13.6. The number of halogens is 4. The summed E-state index contributed by atoms with van der Waals surface area (Å²) in [5.41, 5.74) is 1.38. The average Bonchev–Trinajstić information content (AvgIpc) is 3.24. The highest BCUT2D eigenvalue weighted by molar-refractivity contribution is 6.30. The number of alkyl halides is 3. The second kappa shape index (κ2) is 8.52. The number of para-hydroxylation sites is 1. The van der Waals surface area contributed by atoms with Gasteiger partial charge in [-0.3, -0.25) is 0 Å². The maximum absolute atomic E-state index is 13.6. The molecule has 3 aromatic rings. The molecule has 1 aliphatic rings. The third-order valence-corrected chi connectivity index (χ3v) is 5.46. The summed E-state index contributed by atoms with van der Waals surface area (Å²) in [4.78, 5) is 7.98. The van der Waals surface area contributed by atoms with Crippen LogP contribution in [0, 0.1) is 0 Å². The van der Waals surface area contributed by atoms with Crippen molar-refractivity contribution in [3.05, 3.63) is 70.9 Å². The van der Waals surface area contributed by atoms with Crippen LogP contribution in [0.2, 0.25) is 5.02 Å². The van der Waals surface area contributed by atoms with Gasteiger partial charge in [0.05, 0.1) is 0 Å². The van der Waals surface area contributed by atoms with E-state index in [0.29, 0.717) is 22.3 Å².